The molecule has 0 unspecified atom stereocenters. The van der Waals surface area contributed by atoms with Crippen molar-refractivity contribution in [3.05, 3.63) is 48.2 Å². The standard InChI is InChI=1S/C21H19F3N10O/c22-21(23,24)15-9-17(25)26-11-14(15)16-10-18(29-20(28-16)34-5-7-35-8-6-34)27-13-3-1-12(2-4-13)19-30-32-33-31-19/h1-4,9-11H,5-8H2,(H2,25,26)(H,27,28,29)(H,30,31,32,33). The van der Waals surface area contributed by atoms with Gasteiger partial charge in [0.25, 0.3) is 0 Å². The highest BCUT2D eigenvalue weighted by Gasteiger charge is 2.35. The summed E-state index contributed by atoms with van der Waals surface area (Å²) in [5, 5.41) is 16.9. The van der Waals surface area contributed by atoms with E-state index in [1.807, 2.05) is 4.90 Å². The summed E-state index contributed by atoms with van der Waals surface area (Å²) in [5.41, 5.74) is 5.87. The van der Waals surface area contributed by atoms with E-state index in [9.17, 15) is 13.2 Å². The van der Waals surface area contributed by atoms with E-state index in [4.69, 9.17) is 10.5 Å². The maximum atomic E-state index is 13.8. The van der Waals surface area contributed by atoms with Crippen LogP contribution < -0.4 is 16.0 Å². The van der Waals surface area contributed by atoms with Crippen molar-refractivity contribution < 1.29 is 17.9 Å². The Morgan fingerprint density at radius 2 is 1.83 bits per heavy atom. The van der Waals surface area contributed by atoms with Crippen LogP contribution in [-0.4, -0.2) is 61.9 Å². The maximum absolute atomic E-state index is 13.8. The molecular weight excluding hydrogens is 465 g/mol. The summed E-state index contributed by atoms with van der Waals surface area (Å²) in [6, 6.07) is 9.35. The second kappa shape index (κ2) is 9.13. The van der Waals surface area contributed by atoms with Gasteiger partial charge in [-0.3, -0.25) is 0 Å². The minimum atomic E-state index is -4.64. The van der Waals surface area contributed by atoms with Crippen LogP contribution in [0.3, 0.4) is 0 Å². The highest BCUT2D eigenvalue weighted by Crippen LogP contribution is 2.38. The van der Waals surface area contributed by atoms with Crippen molar-refractivity contribution in [2.45, 2.75) is 6.18 Å². The lowest BCUT2D eigenvalue weighted by atomic mass is 10.1. The number of alkyl halides is 3. The molecule has 1 saturated heterocycles. The van der Waals surface area contributed by atoms with Gasteiger partial charge >= 0.3 is 6.18 Å². The Bertz CT molecular complexity index is 1310. The molecule has 4 N–H and O–H groups in total. The van der Waals surface area contributed by atoms with Crippen molar-refractivity contribution in [2.75, 3.05) is 42.3 Å². The van der Waals surface area contributed by atoms with Crippen LogP contribution >= 0.6 is 0 Å². The Morgan fingerprint density at radius 3 is 2.51 bits per heavy atom. The van der Waals surface area contributed by atoms with Crippen molar-refractivity contribution in [3.63, 3.8) is 0 Å². The molecule has 0 saturated carbocycles. The monoisotopic (exact) mass is 484 g/mol. The molecule has 0 bridgehead atoms. The van der Waals surface area contributed by atoms with Gasteiger partial charge < -0.3 is 20.7 Å². The van der Waals surface area contributed by atoms with E-state index in [-0.39, 0.29) is 23.0 Å². The first-order chi connectivity index (χ1) is 16.9. The van der Waals surface area contributed by atoms with E-state index >= 15 is 0 Å². The van der Waals surface area contributed by atoms with Gasteiger partial charge in [0.05, 0.1) is 24.5 Å². The van der Waals surface area contributed by atoms with E-state index in [2.05, 4.69) is 40.9 Å². The van der Waals surface area contributed by atoms with Crippen molar-refractivity contribution >= 4 is 23.3 Å². The predicted molar refractivity (Wildman–Crippen MR) is 121 cm³/mol. The van der Waals surface area contributed by atoms with Crippen LogP contribution in [0.5, 0.6) is 0 Å². The number of H-pyrrole nitrogens is 1. The average Bonchev–Trinajstić information content (AvgIpc) is 3.39. The Kier molecular flexibility index (Phi) is 5.86. The van der Waals surface area contributed by atoms with Gasteiger partial charge in [-0.15, -0.1) is 10.2 Å². The Balaban J connectivity index is 1.54. The highest BCUT2D eigenvalue weighted by molar-refractivity contribution is 5.71. The number of pyridine rings is 1. The van der Waals surface area contributed by atoms with Gasteiger partial charge in [-0.2, -0.15) is 23.4 Å². The minimum Gasteiger partial charge on any atom is -0.384 e. The number of anilines is 4. The first kappa shape index (κ1) is 22.5. The molecule has 3 aromatic heterocycles. The smallest absolute Gasteiger partial charge is 0.384 e. The zero-order chi connectivity index (χ0) is 24.4. The normalized spacial score (nSPS) is 14.2. The molecule has 0 spiro atoms. The lowest BCUT2D eigenvalue weighted by Crippen LogP contribution is -2.37. The summed E-state index contributed by atoms with van der Waals surface area (Å²) in [6.07, 6.45) is -3.57. The number of nitrogens with zero attached hydrogens (tertiary/aromatic N) is 7. The molecule has 4 heterocycles. The number of nitrogen functional groups attached to an aromatic ring is 1. The molecule has 0 radical (unpaired) electrons. The number of hydrogen-bond acceptors (Lipinski definition) is 10. The first-order valence-electron chi connectivity index (χ1n) is 10.5. The third-order valence-electron chi connectivity index (χ3n) is 5.28. The molecule has 0 amide bonds. The molecule has 0 aliphatic carbocycles. The van der Waals surface area contributed by atoms with Crippen LogP contribution in [0, 0.1) is 0 Å². The van der Waals surface area contributed by atoms with Crippen LogP contribution in [0.2, 0.25) is 0 Å². The summed E-state index contributed by atoms with van der Waals surface area (Å²) in [7, 11) is 0. The van der Waals surface area contributed by atoms with Gasteiger partial charge in [0.1, 0.15) is 11.6 Å². The first-order valence-corrected chi connectivity index (χ1v) is 10.5. The molecule has 1 aliphatic rings. The number of hydrogen-bond donors (Lipinski definition) is 3. The largest absolute Gasteiger partial charge is 0.417 e. The fourth-order valence-corrected chi connectivity index (χ4v) is 3.59. The number of halogens is 3. The summed E-state index contributed by atoms with van der Waals surface area (Å²) in [4.78, 5) is 14.7. The van der Waals surface area contributed by atoms with Crippen molar-refractivity contribution in [1.29, 1.82) is 0 Å². The summed E-state index contributed by atoms with van der Waals surface area (Å²) < 4.78 is 46.7. The van der Waals surface area contributed by atoms with Crippen LogP contribution in [0.25, 0.3) is 22.6 Å². The molecule has 5 rings (SSSR count). The Morgan fingerprint density at radius 1 is 1.06 bits per heavy atom. The zero-order valence-electron chi connectivity index (χ0n) is 18.1. The maximum Gasteiger partial charge on any atom is 0.417 e. The van der Waals surface area contributed by atoms with Gasteiger partial charge in [0, 0.05) is 42.2 Å². The number of benzene rings is 1. The lowest BCUT2D eigenvalue weighted by Gasteiger charge is -2.27. The second-order valence-electron chi connectivity index (χ2n) is 7.63. The Labute approximate surface area is 196 Å². The van der Waals surface area contributed by atoms with Gasteiger partial charge in [0.15, 0.2) is 0 Å². The van der Waals surface area contributed by atoms with Crippen LogP contribution in [-0.2, 0) is 10.9 Å². The number of aromatic amines is 1. The van der Waals surface area contributed by atoms with Crippen molar-refractivity contribution in [2.24, 2.45) is 0 Å². The molecule has 14 heteroatoms. The highest BCUT2D eigenvalue weighted by atomic mass is 19.4. The number of aromatic nitrogens is 7. The average molecular weight is 484 g/mol. The van der Waals surface area contributed by atoms with Gasteiger partial charge in [-0.05, 0) is 35.5 Å². The molecule has 1 aliphatic heterocycles. The van der Waals surface area contributed by atoms with Gasteiger partial charge in [-0.25, -0.2) is 9.97 Å². The topological polar surface area (TPSA) is 144 Å². The quantitative estimate of drug-likeness (QED) is 0.387. The number of morpholine rings is 1. The SMILES string of the molecule is Nc1cc(C(F)(F)F)c(-c2cc(Nc3ccc(-c4nn[nH]n4)cc3)nc(N3CCOCC3)n2)cn1. The molecule has 4 aromatic rings. The molecule has 1 aromatic carbocycles. The van der Waals surface area contributed by atoms with Crippen molar-refractivity contribution in [1.82, 2.24) is 35.6 Å². The molecule has 1 fully saturated rings. The number of nitrogens with one attached hydrogen (secondary N) is 2. The summed E-state index contributed by atoms with van der Waals surface area (Å²) in [6.45, 7) is 1.94. The zero-order valence-corrected chi connectivity index (χ0v) is 18.1. The summed E-state index contributed by atoms with van der Waals surface area (Å²) in [5.74, 6) is 0.796. The Hall–Kier alpha value is -4.33. The predicted octanol–water partition coefficient (Wildman–Crippen LogP) is 2.90. The number of ether oxygens (including phenoxy) is 1. The lowest BCUT2D eigenvalue weighted by molar-refractivity contribution is -0.137. The minimum absolute atomic E-state index is 0.0623. The fraction of sp³-hybridized carbons (Fsp3) is 0.238. The van der Waals surface area contributed by atoms with E-state index in [1.54, 1.807) is 24.3 Å². The number of rotatable bonds is 5. The fourth-order valence-electron chi connectivity index (χ4n) is 3.59. The van der Waals surface area contributed by atoms with E-state index in [0.29, 0.717) is 43.6 Å². The molecule has 11 nitrogen and oxygen atoms in total. The van der Waals surface area contributed by atoms with Crippen LogP contribution in [0.4, 0.5) is 36.4 Å². The van der Waals surface area contributed by atoms with E-state index in [1.165, 1.54) is 6.07 Å². The van der Waals surface area contributed by atoms with E-state index < -0.39 is 11.7 Å². The molecule has 180 valence electrons. The van der Waals surface area contributed by atoms with Gasteiger partial charge in [-0.1, -0.05) is 0 Å². The van der Waals surface area contributed by atoms with Crippen molar-refractivity contribution in [3.8, 4) is 22.6 Å². The molecule has 35 heavy (non-hydrogen) atoms. The second-order valence-corrected chi connectivity index (χ2v) is 7.63. The molecule has 0 atom stereocenters. The number of nitrogens with two attached hydrogens (primary N) is 1. The third kappa shape index (κ3) is 4.96. The third-order valence-corrected chi connectivity index (χ3v) is 5.28. The van der Waals surface area contributed by atoms with Gasteiger partial charge in [0.2, 0.25) is 11.8 Å². The molecular formula is C21H19F3N10O. The van der Waals surface area contributed by atoms with Crippen LogP contribution in [0.15, 0.2) is 42.6 Å². The van der Waals surface area contributed by atoms with Crippen LogP contribution in [0.1, 0.15) is 5.56 Å². The van der Waals surface area contributed by atoms with E-state index in [0.717, 1.165) is 17.8 Å². The summed E-state index contributed by atoms with van der Waals surface area (Å²) >= 11 is 0. The number of tetrazole rings is 1.